The van der Waals surface area contributed by atoms with E-state index in [-0.39, 0.29) is 17.9 Å². The van der Waals surface area contributed by atoms with Crippen LogP contribution in [0.2, 0.25) is 0 Å². The molecule has 1 aromatic rings. The number of hydrogen-bond acceptors (Lipinski definition) is 3. The SMILES string of the molecule is O=C(NC1CCCCC1)c1ccc(NC(=O)C2CCCCC2C(=O)O)cc1. The van der Waals surface area contributed by atoms with Crippen LogP contribution in [-0.2, 0) is 9.59 Å². The molecule has 27 heavy (non-hydrogen) atoms. The summed E-state index contributed by atoms with van der Waals surface area (Å²) in [5.41, 5.74) is 1.16. The van der Waals surface area contributed by atoms with Crippen LogP contribution < -0.4 is 10.6 Å². The van der Waals surface area contributed by atoms with Gasteiger partial charge < -0.3 is 15.7 Å². The molecule has 0 saturated heterocycles. The van der Waals surface area contributed by atoms with Crippen molar-refractivity contribution in [3.8, 4) is 0 Å². The molecule has 0 spiro atoms. The minimum Gasteiger partial charge on any atom is -0.481 e. The molecule has 1 aromatic carbocycles. The third-order valence-corrected chi connectivity index (χ3v) is 5.77. The van der Waals surface area contributed by atoms with E-state index in [1.165, 1.54) is 6.42 Å². The fourth-order valence-electron chi connectivity index (χ4n) is 4.20. The van der Waals surface area contributed by atoms with Crippen molar-refractivity contribution >= 4 is 23.5 Å². The zero-order chi connectivity index (χ0) is 19.2. The number of benzene rings is 1. The lowest BCUT2D eigenvalue weighted by Gasteiger charge is -2.27. The third-order valence-electron chi connectivity index (χ3n) is 5.77. The van der Waals surface area contributed by atoms with Gasteiger partial charge in [-0.05, 0) is 49.9 Å². The topological polar surface area (TPSA) is 95.5 Å². The highest BCUT2D eigenvalue weighted by atomic mass is 16.4. The van der Waals surface area contributed by atoms with Crippen molar-refractivity contribution in [1.82, 2.24) is 5.32 Å². The number of aliphatic carboxylic acids is 1. The van der Waals surface area contributed by atoms with Gasteiger partial charge in [0.25, 0.3) is 5.91 Å². The van der Waals surface area contributed by atoms with Gasteiger partial charge in [0, 0.05) is 17.3 Å². The summed E-state index contributed by atoms with van der Waals surface area (Å²) in [6, 6.07) is 7.05. The summed E-state index contributed by atoms with van der Waals surface area (Å²) in [5, 5.41) is 15.2. The summed E-state index contributed by atoms with van der Waals surface area (Å²) >= 11 is 0. The average molecular weight is 372 g/mol. The van der Waals surface area contributed by atoms with Crippen molar-refractivity contribution < 1.29 is 19.5 Å². The number of rotatable bonds is 5. The quantitative estimate of drug-likeness (QED) is 0.736. The van der Waals surface area contributed by atoms with Crippen LogP contribution in [0.15, 0.2) is 24.3 Å². The highest BCUT2D eigenvalue weighted by Crippen LogP contribution is 2.31. The Morgan fingerprint density at radius 3 is 2.04 bits per heavy atom. The molecule has 6 heteroatoms. The molecule has 0 bridgehead atoms. The van der Waals surface area contributed by atoms with Crippen molar-refractivity contribution in [3.05, 3.63) is 29.8 Å². The summed E-state index contributed by atoms with van der Waals surface area (Å²) in [6.45, 7) is 0. The van der Waals surface area contributed by atoms with Gasteiger partial charge in [-0.1, -0.05) is 32.1 Å². The molecule has 0 radical (unpaired) electrons. The molecule has 146 valence electrons. The summed E-state index contributed by atoms with van der Waals surface area (Å²) in [6.07, 6.45) is 8.51. The molecular weight excluding hydrogens is 344 g/mol. The van der Waals surface area contributed by atoms with Crippen LogP contribution in [0, 0.1) is 11.8 Å². The van der Waals surface area contributed by atoms with Gasteiger partial charge in [-0.3, -0.25) is 14.4 Å². The van der Waals surface area contributed by atoms with E-state index >= 15 is 0 Å². The highest BCUT2D eigenvalue weighted by Gasteiger charge is 2.35. The third kappa shape index (κ3) is 5.08. The number of carboxylic acid groups (broad SMARTS) is 1. The number of anilines is 1. The predicted molar refractivity (Wildman–Crippen MR) is 102 cm³/mol. The van der Waals surface area contributed by atoms with Crippen LogP contribution in [0.3, 0.4) is 0 Å². The smallest absolute Gasteiger partial charge is 0.307 e. The number of carbonyl (C=O) groups excluding carboxylic acids is 2. The summed E-state index contributed by atoms with van der Waals surface area (Å²) in [7, 11) is 0. The van der Waals surface area contributed by atoms with E-state index in [1.807, 2.05) is 0 Å². The minimum atomic E-state index is -0.899. The molecule has 3 N–H and O–H groups in total. The first-order valence-electron chi connectivity index (χ1n) is 9.99. The Hall–Kier alpha value is -2.37. The van der Waals surface area contributed by atoms with Crippen LogP contribution >= 0.6 is 0 Å². The van der Waals surface area contributed by atoms with Gasteiger partial charge in [-0.2, -0.15) is 0 Å². The molecule has 2 aliphatic rings. The zero-order valence-corrected chi connectivity index (χ0v) is 15.6. The molecule has 0 heterocycles. The fourth-order valence-corrected chi connectivity index (χ4v) is 4.20. The van der Waals surface area contributed by atoms with E-state index in [0.717, 1.165) is 38.5 Å². The highest BCUT2D eigenvalue weighted by molar-refractivity contribution is 5.97. The monoisotopic (exact) mass is 372 g/mol. The van der Waals surface area contributed by atoms with Crippen molar-refractivity contribution in [2.45, 2.75) is 63.8 Å². The van der Waals surface area contributed by atoms with E-state index in [2.05, 4.69) is 10.6 Å². The maximum Gasteiger partial charge on any atom is 0.307 e. The summed E-state index contributed by atoms with van der Waals surface area (Å²) in [4.78, 5) is 36.2. The molecule has 2 atom stereocenters. The van der Waals surface area contributed by atoms with Crippen LogP contribution in [0.25, 0.3) is 0 Å². The lowest BCUT2D eigenvalue weighted by Crippen LogP contribution is -2.36. The molecule has 2 fully saturated rings. The second-order valence-corrected chi connectivity index (χ2v) is 7.71. The lowest BCUT2D eigenvalue weighted by atomic mass is 9.78. The van der Waals surface area contributed by atoms with Gasteiger partial charge >= 0.3 is 5.97 Å². The van der Waals surface area contributed by atoms with E-state index in [1.54, 1.807) is 24.3 Å². The number of hydrogen-bond donors (Lipinski definition) is 3. The molecule has 3 rings (SSSR count). The van der Waals surface area contributed by atoms with Gasteiger partial charge in [-0.15, -0.1) is 0 Å². The first-order chi connectivity index (χ1) is 13.0. The molecule has 0 aromatic heterocycles. The van der Waals surface area contributed by atoms with Crippen molar-refractivity contribution in [2.75, 3.05) is 5.32 Å². The van der Waals surface area contributed by atoms with Crippen molar-refractivity contribution in [3.63, 3.8) is 0 Å². The summed E-state index contributed by atoms with van der Waals surface area (Å²) < 4.78 is 0. The van der Waals surface area contributed by atoms with Crippen molar-refractivity contribution in [1.29, 1.82) is 0 Å². The molecule has 0 aliphatic heterocycles. The maximum atomic E-state index is 12.5. The minimum absolute atomic E-state index is 0.0852. The molecular formula is C21H28N2O4. The second kappa shape index (κ2) is 9.02. The van der Waals surface area contributed by atoms with Crippen LogP contribution in [-0.4, -0.2) is 28.9 Å². The van der Waals surface area contributed by atoms with Crippen LogP contribution in [0.5, 0.6) is 0 Å². The zero-order valence-electron chi connectivity index (χ0n) is 15.6. The van der Waals surface area contributed by atoms with Gasteiger partial charge in [0.2, 0.25) is 5.91 Å². The number of carbonyl (C=O) groups is 3. The number of nitrogens with one attached hydrogen (secondary N) is 2. The van der Waals surface area contributed by atoms with E-state index in [4.69, 9.17) is 0 Å². The largest absolute Gasteiger partial charge is 0.481 e. The standard InChI is InChI=1S/C21H28N2O4/c24-19(22-15-6-2-1-3-7-15)14-10-12-16(13-11-14)23-20(25)17-8-4-5-9-18(17)21(26)27/h10-13,15,17-18H,1-9H2,(H,22,24)(H,23,25)(H,26,27). The molecule has 6 nitrogen and oxygen atoms in total. The predicted octanol–water partition coefficient (Wildman–Crippen LogP) is 3.58. The maximum absolute atomic E-state index is 12.5. The van der Waals surface area contributed by atoms with Crippen LogP contribution in [0.4, 0.5) is 5.69 Å². The first-order valence-corrected chi connectivity index (χ1v) is 9.99. The fraction of sp³-hybridized carbons (Fsp3) is 0.571. The van der Waals surface area contributed by atoms with Gasteiger partial charge in [0.1, 0.15) is 0 Å². The van der Waals surface area contributed by atoms with Crippen molar-refractivity contribution in [2.24, 2.45) is 11.8 Å². The van der Waals surface area contributed by atoms with Gasteiger partial charge in [-0.25, -0.2) is 0 Å². The Morgan fingerprint density at radius 1 is 0.815 bits per heavy atom. The van der Waals surface area contributed by atoms with Gasteiger partial charge in [0.05, 0.1) is 11.8 Å². The van der Waals surface area contributed by atoms with E-state index < -0.39 is 17.8 Å². The molecule has 2 saturated carbocycles. The van der Waals surface area contributed by atoms with E-state index in [9.17, 15) is 19.5 Å². The van der Waals surface area contributed by atoms with E-state index in [0.29, 0.717) is 24.1 Å². The Morgan fingerprint density at radius 2 is 1.41 bits per heavy atom. The Bertz CT molecular complexity index is 680. The lowest BCUT2D eigenvalue weighted by molar-refractivity contribution is -0.147. The normalized spacial score (nSPS) is 23.4. The van der Waals surface area contributed by atoms with Gasteiger partial charge in [0.15, 0.2) is 0 Å². The second-order valence-electron chi connectivity index (χ2n) is 7.71. The number of carboxylic acids is 1. The molecule has 2 unspecified atom stereocenters. The first kappa shape index (κ1) is 19.4. The van der Waals surface area contributed by atoms with Crippen LogP contribution in [0.1, 0.15) is 68.1 Å². The molecule has 2 amide bonds. The molecule has 2 aliphatic carbocycles. The Balaban J connectivity index is 1.57. The number of amides is 2. The summed E-state index contributed by atoms with van der Waals surface area (Å²) in [5.74, 6) is -2.34. The average Bonchev–Trinajstić information content (AvgIpc) is 2.69. The Labute approximate surface area is 159 Å². The Kier molecular flexibility index (Phi) is 6.48.